The van der Waals surface area contributed by atoms with Crippen molar-refractivity contribution in [2.45, 2.75) is 77.2 Å². The molecular formula is C31H41NO10. The first-order valence-electron chi connectivity index (χ1n) is 14.4. The van der Waals surface area contributed by atoms with Gasteiger partial charge in [-0.25, -0.2) is 14.9 Å². The third-order valence-corrected chi connectivity index (χ3v) is 8.50. The highest BCUT2D eigenvalue weighted by molar-refractivity contribution is 5.94. The second-order valence-electron chi connectivity index (χ2n) is 11.6. The van der Waals surface area contributed by atoms with Gasteiger partial charge < -0.3 is 29.9 Å². The molecule has 1 aromatic rings. The Labute approximate surface area is 245 Å². The van der Waals surface area contributed by atoms with E-state index in [-0.39, 0.29) is 35.1 Å². The number of fused-ring (bicyclic) bond motifs is 11. The van der Waals surface area contributed by atoms with Crippen molar-refractivity contribution in [1.29, 1.82) is 0 Å². The molecule has 1 saturated heterocycles. The fraction of sp³-hybridized carbons (Fsp3) is 0.548. The van der Waals surface area contributed by atoms with Crippen LogP contribution in [0.2, 0.25) is 0 Å². The molecule has 1 aromatic carbocycles. The number of nitrogens with one attached hydrogen (secondary N) is 1. The normalized spacial score (nSPS) is 33.7. The van der Waals surface area contributed by atoms with Gasteiger partial charge in [-0.15, -0.1) is 0 Å². The fourth-order valence-corrected chi connectivity index (χ4v) is 6.17. The van der Waals surface area contributed by atoms with Gasteiger partial charge in [-0.1, -0.05) is 32.1 Å². The van der Waals surface area contributed by atoms with Crippen LogP contribution in [-0.4, -0.2) is 70.2 Å². The monoisotopic (exact) mass is 587 g/mol. The van der Waals surface area contributed by atoms with E-state index < -0.39 is 36.8 Å². The lowest BCUT2D eigenvalue weighted by Crippen LogP contribution is -2.42. The van der Waals surface area contributed by atoms with Crippen LogP contribution in [0.5, 0.6) is 5.75 Å². The summed E-state index contributed by atoms with van der Waals surface area (Å²) in [6.45, 7) is 5.37. The summed E-state index contributed by atoms with van der Waals surface area (Å²) >= 11 is 0. The molecule has 1 aliphatic carbocycles. The average molecular weight is 588 g/mol. The van der Waals surface area contributed by atoms with E-state index >= 15 is 0 Å². The van der Waals surface area contributed by atoms with Crippen LogP contribution in [0, 0.1) is 24.7 Å². The highest BCUT2D eigenvalue weighted by atomic mass is 17.1. The third kappa shape index (κ3) is 7.11. The summed E-state index contributed by atoms with van der Waals surface area (Å²) in [7, 11) is 0. The molecule has 5 rings (SSSR count). The lowest BCUT2D eigenvalue weighted by molar-refractivity contribution is -0.312. The van der Waals surface area contributed by atoms with E-state index in [1.54, 1.807) is 31.2 Å². The summed E-state index contributed by atoms with van der Waals surface area (Å²) in [5.41, 5.74) is 2.33. The van der Waals surface area contributed by atoms with Crippen molar-refractivity contribution in [2.75, 3.05) is 13.2 Å². The first kappa shape index (κ1) is 31.9. The highest BCUT2D eigenvalue weighted by Crippen LogP contribution is 2.36. The number of allylic oxidation sites excluding steroid dienone is 4. The second-order valence-corrected chi connectivity index (χ2v) is 11.6. The molecular weight excluding hydrogens is 546 g/mol. The number of rotatable bonds is 3. The number of carbonyl (C=O) groups excluding carboxylic acids is 2. The third-order valence-electron chi connectivity index (χ3n) is 8.50. The van der Waals surface area contributed by atoms with Gasteiger partial charge >= 0.3 is 5.97 Å². The summed E-state index contributed by atoms with van der Waals surface area (Å²) in [4.78, 5) is 35.6. The zero-order chi connectivity index (χ0) is 30.4. The van der Waals surface area contributed by atoms with E-state index in [4.69, 9.17) is 14.4 Å². The first-order chi connectivity index (χ1) is 20.2. The van der Waals surface area contributed by atoms with Crippen LogP contribution in [0.1, 0.15) is 60.2 Å². The molecule has 6 bridgehead atoms. The smallest absolute Gasteiger partial charge is 0.343 e. The van der Waals surface area contributed by atoms with E-state index in [1.807, 2.05) is 19.9 Å². The van der Waals surface area contributed by atoms with E-state index in [0.29, 0.717) is 61.0 Å². The molecule has 11 heteroatoms. The summed E-state index contributed by atoms with van der Waals surface area (Å²) in [5, 5.41) is 43.1. The Morgan fingerprint density at radius 2 is 1.95 bits per heavy atom. The standard InChI is InChI=1S/C31H41NO10/c1-17-6-4-8-20(15-33)30(35)32-22-9-10-23-24(14-22)27(41-37)19(3)13-25(23)31(36)39-11-5-7-18(2)28(42-38)29-26(34)21(12-17)16-40-29/h4-6,8,11,13,17-18,21-22,26,28-29,33-34,37-38H,7,9-10,12,14-16H2,1-3H3,(H,32,35)/b6-4+,11-5+,20-8-/t17?,18-,21+,22?,26?,28?,29-/m1/s1. The van der Waals surface area contributed by atoms with Gasteiger partial charge in [0, 0.05) is 23.1 Å². The van der Waals surface area contributed by atoms with E-state index in [0.717, 1.165) is 0 Å². The van der Waals surface area contributed by atoms with Gasteiger partial charge in [0.1, 0.15) is 12.2 Å². The van der Waals surface area contributed by atoms with Gasteiger partial charge in [0.15, 0.2) is 5.75 Å². The molecule has 230 valence electrons. The Balaban J connectivity index is 1.65. The average Bonchev–Trinajstić information content (AvgIpc) is 3.31. The van der Waals surface area contributed by atoms with E-state index in [2.05, 4.69) is 10.2 Å². The number of benzene rings is 1. The number of ether oxygens (including phenoxy) is 2. The molecule has 4 unspecified atom stereocenters. The van der Waals surface area contributed by atoms with E-state index in [1.165, 1.54) is 6.26 Å². The molecule has 3 aliphatic heterocycles. The molecule has 0 aromatic heterocycles. The van der Waals surface area contributed by atoms with Crippen molar-refractivity contribution < 1.29 is 49.6 Å². The highest BCUT2D eigenvalue weighted by Gasteiger charge is 2.43. The Kier molecular flexibility index (Phi) is 10.9. The van der Waals surface area contributed by atoms with Crippen molar-refractivity contribution in [1.82, 2.24) is 5.32 Å². The number of amides is 1. The minimum absolute atomic E-state index is 0.0283. The number of aliphatic hydroxyl groups is 2. The molecule has 7 atom stereocenters. The maximum Gasteiger partial charge on any atom is 0.343 e. The molecule has 3 heterocycles. The number of aryl methyl sites for hydroxylation is 1. The van der Waals surface area contributed by atoms with Gasteiger partial charge in [0.25, 0.3) is 0 Å². The summed E-state index contributed by atoms with van der Waals surface area (Å²) in [6, 6.07) is 1.29. The first-order valence-corrected chi connectivity index (χ1v) is 14.4. The minimum atomic E-state index is -0.863. The maximum absolute atomic E-state index is 13.1. The summed E-state index contributed by atoms with van der Waals surface area (Å²) in [6.07, 6.45) is 7.96. The number of aliphatic hydroxyl groups excluding tert-OH is 2. The van der Waals surface area contributed by atoms with Crippen LogP contribution in [0.25, 0.3) is 0 Å². The van der Waals surface area contributed by atoms with Gasteiger partial charge in [0.2, 0.25) is 5.91 Å². The zero-order valence-corrected chi connectivity index (χ0v) is 24.2. The number of carbonyl (C=O) groups is 2. The van der Waals surface area contributed by atoms with Gasteiger partial charge in [0.05, 0.1) is 31.1 Å². The van der Waals surface area contributed by atoms with Crippen molar-refractivity contribution in [3.63, 3.8) is 0 Å². The Hall–Kier alpha value is -3.06. The van der Waals surface area contributed by atoms with Crippen LogP contribution in [0.3, 0.4) is 0 Å². The second kappa shape index (κ2) is 14.4. The molecule has 0 saturated carbocycles. The fourth-order valence-electron chi connectivity index (χ4n) is 6.17. The molecule has 1 amide bonds. The van der Waals surface area contributed by atoms with Crippen LogP contribution < -0.4 is 10.2 Å². The molecule has 42 heavy (non-hydrogen) atoms. The Morgan fingerprint density at radius 1 is 1.17 bits per heavy atom. The van der Waals surface area contributed by atoms with Crippen molar-refractivity contribution >= 4 is 11.9 Å². The largest absolute Gasteiger partial charge is 0.431 e. The quantitative estimate of drug-likeness (QED) is 0.201. The van der Waals surface area contributed by atoms with Gasteiger partial charge in [-0.3, -0.25) is 10.1 Å². The Bertz CT molecular complexity index is 1220. The lowest BCUT2D eigenvalue weighted by Gasteiger charge is -2.28. The zero-order valence-electron chi connectivity index (χ0n) is 24.2. The van der Waals surface area contributed by atoms with E-state index in [9.17, 15) is 30.3 Å². The van der Waals surface area contributed by atoms with Crippen LogP contribution in [0.4, 0.5) is 0 Å². The number of esters is 1. The molecule has 11 nitrogen and oxygen atoms in total. The minimum Gasteiger partial charge on any atom is -0.431 e. The maximum atomic E-state index is 13.1. The lowest BCUT2D eigenvalue weighted by atomic mass is 9.83. The van der Waals surface area contributed by atoms with Crippen LogP contribution in [0.15, 0.2) is 42.2 Å². The molecule has 1 fully saturated rings. The predicted molar refractivity (Wildman–Crippen MR) is 152 cm³/mol. The summed E-state index contributed by atoms with van der Waals surface area (Å²) in [5.74, 6) is -1.20. The summed E-state index contributed by atoms with van der Waals surface area (Å²) < 4.78 is 11.3. The predicted octanol–water partition coefficient (Wildman–Crippen LogP) is 3.27. The molecule has 0 spiro atoms. The topological polar surface area (TPSA) is 164 Å². The van der Waals surface area contributed by atoms with Gasteiger partial charge in [-0.05, 0) is 74.1 Å². The number of hydrogen-bond donors (Lipinski definition) is 5. The van der Waals surface area contributed by atoms with Crippen LogP contribution >= 0.6 is 0 Å². The molecule has 0 radical (unpaired) electrons. The molecule has 4 aliphatic rings. The van der Waals surface area contributed by atoms with Crippen LogP contribution in [-0.2, 0) is 32.0 Å². The van der Waals surface area contributed by atoms with Crippen molar-refractivity contribution in [3.8, 4) is 5.75 Å². The SMILES string of the molecule is Cc1cc2c3c(c1OO)CC(CC3)NC(=O)/C(CO)=C\C=C\C(C)C[C@H]1CO[C@H](C1O)C(OO)[C@H](C)C/C=C/OC2=O. The van der Waals surface area contributed by atoms with Crippen molar-refractivity contribution in [3.05, 3.63) is 64.5 Å². The molecule has 5 N–H and O–H groups in total. The van der Waals surface area contributed by atoms with Gasteiger partial charge in [-0.2, -0.15) is 0 Å². The number of hydrogen-bond acceptors (Lipinski definition) is 10. The Morgan fingerprint density at radius 3 is 2.67 bits per heavy atom. The van der Waals surface area contributed by atoms with Crippen molar-refractivity contribution in [2.24, 2.45) is 17.8 Å².